The summed E-state index contributed by atoms with van der Waals surface area (Å²) in [5.41, 5.74) is 11.9. The lowest BCUT2D eigenvalue weighted by atomic mass is 10.1. The van der Waals surface area contributed by atoms with Gasteiger partial charge in [0.2, 0.25) is 0 Å². The first-order valence-corrected chi connectivity index (χ1v) is 16.2. The van der Waals surface area contributed by atoms with Gasteiger partial charge in [-0.05, 0) is 141 Å². The molecule has 4 rings (SSSR count). The Hall–Kier alpha value is -3.24. The van der Waals surface area contributed by atoms with Crippen molar-refractivity contribution in [1.29, 1.82) is 0 Å². The van der Waals surface area contributed by atoms with Crippen LogP contribution in [0.1, 0.15) is 61.1 Å². The van der Waals surface area contributed by atoms with Gasteiger partial charge < -0.3 is 14.2 Å². The molecule has 0 radical (unpaired) electrons. The molecule has 40 heavy (non-hydrogen) atoms. The van der Waals surface area contributed by atoms with E-state index in [1.807, 2.05) is 0 Å². The SMILES string of the molecule is COc1ccc([Si](C2=C(C)C(C)=C(C)C2C)(c2ccc(OC)c(C)c2C)c2ccc(OC)c(C)c2C)c(C)c1C. The topological polar surface area (TPSA) is 27.7 Å². The van der Waals surface area contributed by atoms with Crippen LogP contribution in [0.4, 0.5) is 0 Å². The molecule has 1 aliphatic rings. The summed E-state index contributed by atoms with van der Waals surface area (Å²) in [6, 6.07) is 13.6. The Morgan fingerprint density at radius 2 is 0.800 bits per heavy atom. The van der Waals surface area contributed by atoms with Crippen LogP contribution >= 0.6 is 0 Å². The van der Waals surface area contributed by atoms with Crippen molar-refractivity contribution in [3.63, 3.8) is 0 Å². The minimum absolute atomic E-state index is 0.331. The van der Waals surface area contributed by atoms with Crippen LogP contribution < -0.4 is 29.8 Å². The molecule has 0 heterocycles. The van der Waals surface area contributed by atoms with E-state index in [4.69, 9.17) is 14.2 Å². The van der Waals surface area contributed by atoms with Gasteiger partial charge in [-0.3, -0.25) is 0 Å². The van der Waals surface area contributed by atoms with E-state index in [0.717, 1.165) is 17.2 Å². The summed E-state index contributed by atoms with van der Waals surface area (Å²) in [6.45, 7) is 22.8. The molecule has 1 aliphatic carbocycles. The van der Waals surface area contributed by atoms with Crippen molar-refractivity contribution in [1.82, 2.24) is 0 Å². The number of benzene rings is 3. The summed E-state index contributed by atoms with van der Waals surface area (Å²) in [6.07, 6.45) is 0. The number of hydrogen-bond donors (Lipinski definition) is 0. The van der Waals surface area contributed by atoms with Crippen LogP contribution in [0.25, 0.3) is 0 Å². The average molecular weight is 555 g/mol. The Bertz CT molecular complexity index is 1410. The van der Waals surface area contributed by atoms with Crippen LogP contribution in [0.2, 0.25) is 0 Å². The Morgan fingerprint density at radius 3 is 1.05 bits per heavy atom. The quantitative estimate of drug-likeness (QED) is 0.236. The van der Waals surface area contributed by atoms with Gasteiger partial charge in [-0.15, -0.1) is 0 Å². The van der Waals surface area contributed by atoms with E-state index in [0.29, 0.717) is 5.92 Å². The van der Waals surface area contributed by atoms with Crippen LogP contribution in [0.3, 0.4) is 0 Å². The van der Waals surface area contributed by atoms with Gasteiger partial charge in [0.25, 0.3) is 0 Å². The highest BCUT2D eigenvalue weighted by Crippen LogP contribution is 2.43. The molecule has 0 saturated carbocycles. The van der Waals surface area contributed by atoms with Crippen molar-refractivity contribution in [2.45, 2.75) is 69.2 Å². The lowest BCUT2D eigenvalue weighted by Gasteiger charge is -2.42. The molecule has 0 amide bonds. The highest BCUT2D eigenvalue weighted by atomic mass is 28.3. The van der Waals surface area contributed by atoms with Crippen molar-refractivity contribution in [3.05, 3.63) is 91.7 Å². The number of ether oxygens (including phenoxy) is 3. The molecule has 3 aromatic rings. The van der Waals surface area contributed by atoms with Crippen LogP contribution in [-0.4, -0.2) is 29.4 Å². The predicted octanol–water partition coefficient (Wildman–Crippen LogP) is 6.87. The Kier molecular flexibility index (Phi) is 8.15. The molecular weight excluding hydrogens is 508 g/mol. The van der Waals surface area contributed by atoms with Gasteiger partial charge in [0.1, 0.15) is 17.2 Å². The van der Waals surface area contributed by atoms with Gasteiger partial charge in [-0.1, -0.05) is 41.5 Å². The third-order valence-corrected chi connectivity index (χ3v) is 15.8. The fourth-order valence-electron chi connectivity index (χ4n) is 7.11. The fourth-order valence-corrected chi connectivity index (χ4v) is 13.7. The van der Waals surface area contributed by atoms with Crippen LogP contribution in [-0.2, 0) is 0 Å². The number of allylic oxidation sites excluding steroid dienone is 4. The molecule has 0 aliphatic heterocycles. The first-order chi connectivity index (χ1) is 18.9. The summed E-state index contributed by atoms with van der Waals surface area (Å²) in [7, 11) is 2.43. The summed E-state index contributed by atoms with van der Waals surface area (Å²) in [4.78, 5) is 0. The van der Waals surface area contributed by atoms with Gasteiger partial charge in [-0.25, -0.2) is 0 Å². The molecule has 3 nitrogen and oxygen atoms in total. The Morgan fingerprint density at radius 1 is 0.475 bits per heavy atom. The first-order valence-electron chi connectivity index (χ1n) is 14.2. The molecule has 1 atom stereocenters. The molecule has 212 valence electrons. The molecule has 1 unspecified atom stereocenters. The summed E-state index contributed by atoms with van der Waals surface area (Å²) in [5, 5.41) is 5.86. The van der Waals surface area contributed by atoms with E-state index in [-0.39, 0.29) is 0 Å². The standard InChI is InChI=1S/C36H46O3Si/c1-20-21(2)29(10)36(28(20)9)40(33-17-14-30(37-11)22(3)25(33)6,34-18-15-31(38-12)23(4)26(34)7)35-19-16-32(39-13)24(5)27(35)8/h14-19,28H,1-13H3. The molecule has 0 bridgehead atoms. The molecule has 0 saturated heterocycles. The monoisotopic (exact) mass is 554 g/mol. The normalized spacial score (nSPS) is 15.7. The van der Waals surface area contributed by atoms with E-state index in [1.165, 1.54) is 65.7 Å². The predicted molar refractivity (Wildman–Crippen MR) is 172 cm³/mol. The highest BCUT2D eigenvalue weighted by Gasteiger charge is 2.50. The van der Waals surface area contributed by atoms with Crippen molar-refractivity contribution in [2.75, 3.05) is 21.3 Å². The van der Waals surface area contributed by atoms with Crippen molar-refractivity contribution in [2.24, 2.45) is 5.92 Å². The van der Waals surface area contributed by atoms with Gasteiger partial charge in [0, 0.05) is 0 Å². The second kappa shape index (κ2) is 11.0. The summed E-state index contributed by atoms with van der Waals surface area (Å²) < 4.78 is 17.4. The van der Waals surface area contributed by atoms with Gasteiger partial charge >= 0.3 is 0 Å². The van der Waals surface area contributed by atoms with E-state index in [9.17, 15) is 0 Å². The van der Waals surface area contributed by atoms with E-state index in [1.54, 1.807) is 26.5 Å². The molecule has 0 spiro atoms. The number of methoxy groups -OCH3 is 3. The Balaban J connectivity index is 2.35. The van der Waals surface area contributed by atoms with Crippen molar-refractivity contribution in [3.8, 4) is 17.2 Å². The first kappa shape index (κ1) is 29.7. The molecule has 0 N–H and O–H groups in total. The third-order valence-electron chi connectivity index (χ3n) is 10.1. The Labute approximate surface area is 242 Å². The fraction of sp³-hybridized carbons (Fsp3) is 0.389. The lowest BCUT2D eigenvalue weighted by Crippen LogP contribution is -2.71. The maximum absolute atomic E-state index is 5.82. The van der Waals surface area contributed by atoms with Crippen LogP contribution in [0, 0.1) is 47.5 Å². The van der Waals surface area contributed by atoms with Gasteiger partial charge in [0.15, 0.2) is 8.07 Å². The average Bonchev–Trinajstić information content (AvgIpc) is 3.13. The molecule has 4 heteroatoms. The van der Waals surface area contributed by atoms with Crippen LogP contribution in [0.5, 0.6) is 17.2 Å². The summed E-state index contributed by atoms with van der Waals surface area (Å²) >= 11 is 0. The molecule has 0 aromatic heterocycles. The molecular formula is C36H46O3Si. The highest BCUT2D eigenvalue weighted by molar-refractivity contribution is 7.17. The minimum atomic E-state index is -2.86. The number of rotatable bonds is 7. The maximum Gasteiger partial charge on any atom is 0.177 e. The zero-order chi connectivity index (χ0) is 29.7. The molecule has 0 fully saturated rings. The third kappa shape index (κ3) is 4.14. The van der Waals surface area contributed by atoms with E-state index < -0.39 is 8.07 Å². The zero-order valence-corrected chi connectivity index (χ0v) is 27.8. The van der Waals surface area contributed by atoms with Crippen molar-refractivity contribution < 1.29 is 14.2 Å². The van der Waals surface area contributed by atoms with Crippen molar-refractivity contribution >= 4 is 23.6 Å². The smallest absolute Gasteiger partial charge is 0.177 e. The maximum atomic E-state index is 5.82. The second-order valence-corrected chi connectivity index (χ2v) is 15.2. The largest absolute Gasteiger partial charge is 0.496 e. The lowest BCUT2D eigenvalue weighted by molar-refractivity contribution is 0.411. The van der Waals surface area contributed by atoms with Gasteiger partial charge in [-0.2, -0.15) is 0 Å². The molecule has 3 aromatic carbocycles. The zero-order valence-electron chi connectivity index (χ0n) is 26.8. The minimum Gasteiger partial charge on any atom is -0.496 e. The van der Waals surface area contributed by atoms with E-state index in [2.05, 4.69) is 106 Å². The second-order valence-electron chi connectivity index (χ2n) is 11.5. The number of hydrogen-bond acceptors (Lipinski definition) is 3. The summed E-state index contributed by atoms with van der Waals surface area (Å²) in [5.74, 6) is 3.14. The van der Waals surface area contributed by atoms with E-state index >= 15 is 0 Å². The van der Waals surface area contributed by atoms with Crippen LogP contribution in [0.15, 0.2) is 58.3 Å². The van der Waals surface area contributed by atoms with Gasteiger partial charge in [0.05, 0.1) is 21.3 Å².